The van der Waals surface area contributed by atoms with Crippen LogP contribution in [0.15, 0.2) is 40.9 Å². The van der Waals surface area contributed by atoms with Crippen LogP contribution in [0.2, 0.25) is 0 Å². The molecular weight excluding hydrogens is 354 g/mol. The summed E-state index contributed by atoms with van der Waals surface area (Å²) in [6, 6.07) is 9.86. The van der Waals surface area contributed by atoms with E-state index in [2.05, 4.69) is 10.3 Å². The van der Waals surface area contributed by atoms with Crippen LogP contribution in [-0.2, 0) is 16.0 Å². The zero-order chi connectivity index (χ0) is 19.8. The summed E-state index contributed by atoms with van der Waals surface area (Å²) in [5.41, 5.74) is 0.998. The van der Waals surface area contributed by atoms with Crippen molar-refractivity contribution in [2.75, 3.05) is 19.6 Å². The second-order valence-electron chi connectivity index (χ2n) is 7.31. The number of rotatable bonds is 8. The van der Waals surface area contributed by atoms with Crippen LogP contribution in [0.5, 0.6) is 0 Å². The number of nitrogens with one attached hydrogen (secondary N) is 1. The van der Waals surface area contributed by atoms with Gasteiger partial charge in [0.05, 0.1) is 12.1 Å². The number of carbonyl (C=O) groups is 2. The molecular formula is C22H29N3O3. The fourth-order valence-corrected chi connectivity index (χ4v) is 3.52. The van der Waals surface area contributed by atoms with Crippen LogP contribution in [0.3, 0.4) is 0 Å². The van der Waals surface area contributed by atoms with Gasteiger partial charge >= 0.3 is 0 Å². The maximum absolute atomic E-state index is 12.5. The number of likely N-dealkylation sites (tertiary alicyclic amines) is 1. The molecule has 0 bridgehead atoms. The lowest BCUT2D eigenvalue weighted by atomic mass is 9.96. The standard InChI is InChI=1S/C22H29N3O3/c1-2-13-23-22(27)18-10-7-14-25(16-18)21(26)12-6-11-20-24-15-19(28-20)17-8-4-3-5-9-17/h3-5,8-9,15,18H,2,6-7,10-14,16H2,1H3,(H,23,27). The maximum Gasteiger partial charge on any atom is 0.224 e. The average Bonchev–Trinajstić information content (AvgIpc) is 3.21. The van der Waals surface area contributed by atoms with E-state index in [1.807, 2.05) is 42.2 Å². The number of oxazole rings is 1. The normalized spacial score (nSPS) is 16.8. The summed E-state index contributed by atoms with van der Waals surface area (Å²) in [6.45, 7) is 4.01. The van der Waals surface area contributed by atoms with E-state index in [4.69, 9.17) is 4.42 Å². The molecule has 1 unspecified atom stereocenters. The molecule has 6 heteroatoms. The monoisotopic (exact) mass is 383 g/mol. The molecule has 1 aromatic carbocycles. The Balaban J connectivity index is 1.44. The van der Waals surface area contributed by atoms with Crippen molar-refractivity contribution in [2.45, 2.75) is 45.4 Å². The molecule has 0 radical (unpaired) electrons. The minimum atomic E-state index is -0.0792. The number of hydrogen-bond acceptors (Lipinski definition) is 4. The van der Waals surface area contributed by atoms with E-state index in [1.165, 1.54) is 0 Å². The Morgan fingerprint density at radius 2 is 2.11 bits per heavy atom. The molecule has 0 aliphatic carbocycles. The Morgan fingerprint density at radius 1 is 1.29 bits per heavy atom. The Labute approximate surface area is 166 Å². The van der Waals surface area contributed by atoms with Gasteiger partial charge in [0, 0.05) is 38.0 Å². The van der Waals surface area contributed by atoms with E-state index < -0.39 is 0 Å². The molecule has 150 valence electrons. The largest absolute Gasteiger partial charge is 0.441 e. The van der Waals surface area contributed by atoms with E-state index in [0.29, 0.717) is 38.2 Å². The fraction of sp³-hybridized carbons (Fsp3) is 0.500. The van der Waals surface area contributed by atoms with Gasteiger partial charge in [-0.1, -0.05) is 37.3 Å². The van der Waals surface area contributed by atoms with Gasteiger partial charge in [-0.15, -0.1) is 0 Å². The number of nitrogens with zero attached hydrogens (tertiary/aromatic N) is 2. The van der Waals surface area contributed by atoms with Crippen LogP contribution in [-0.4, -0.2) is 41.3 Å². The van der Waals surface area contributed by atoms with Gasteiger partial charge < -0.3 is 14.6 Å². The highest BCUT2D eigenvalue weighted by atomic mass is 16.4. The number of carbonyl (C=O) groups excluding carboxylic acids is 2. The highest BCUT2D eigenvalue weighted by Gasteiger charge is 2.27. The van der Waals surface area contributed by atoms with Crippen LogP contribution < -0.4 is 5.32 Å². The van der Waals surface area contributed by atoms with Gasteiger partial charge in [0.25, 0.3) is 0 Å². The zero-order valence-electron chi connectivity index (χ0n) is 16.5. The van der Waals surface area contributed by atoms with Crippen molar-refractivity contribution < 1.29 is 14.0 Å². The first-order valence-electron chi connectivity index (χ1n) is 10.2. The minimum absolute atomic E-state index is 0.0765. The van der Waals surface area contributed by atoms with Crippen molar-refractivity contribution in [1.29, 1.82) is 0 Å². The molecule has 1 saturated heterocycles. The summed E-state index contributed by atoms with van der Waals surface area (Å²) in [5.74, 6) is 1.51. The second-order valence-corrected chi connectivity index (χ2v) is 7.31. The van der Waals surface area contributed by atoms with E-state index in [1.54, 1.807) is 6.20 Å². The summed E-state index contributed by atoms with van der Waals surface area (Å²) in [4.78, 5) is 30.9. The fourth-order valence-electron chi connectivity index (χ4n) is 3.52. The lowest BCUT2D eigenvalue weighted by molar-refractivity contribution is -0.135. The van der Waals surface area contributed by atoms with Crippen LogP contribution in [0, 0.1) is 5.92 Å². The van der Waals surface area contributed by atoms with Crippen LogP contribution in [0.4, 0.5) is 0 Å². The molecule has 1 fully saturated rings. The molecule has 3 rings (SSSR count). The van der Waals surface area contributed by atoms with Crippen LogP contribution in [0.1, 0.15) is 44.9 Å². The summed E-state index contributed by atoms with van der Waals surface area (Å²) >= 11 is 0. The first-order chi connectivity index (χ1) is 13.7. The summed E-state index contributed by atoms with van der Waals surface area (Å²) in [7, 11) is 0. The Kier molecular flexibility index (Phi) is 7.23. The molecule has 1 N–H and O–H groups in total. The third kappa shape index (κ3) is 5.44. The highest BCUT2D eigenvalue weighted by molar-refractivity contribution is 5.81. The van der Waals surface area contributed by atoms with Gasteiger partial charge in [0.1, 0.15) is 0 Å². The number of benzene rings is 1. The molecule has 2 amide bonds. The van der Waals surface area contributed by atoms with Gasteiger partial charge in [-0.2, -0.15) is 0 Å². The van der Waals surface area contributed by atoms with Gasteiger partial charge in [-0.3, -0.25) is 9.59 Å². The molecule has 0 saturated carbocycles. The quantitative estimate of drug-likeness (QED) is 0.758. The van der Waals surface area contributed by atoms with E-state index in [-0.39, 0.29) is 17.7 Å². The van der Waals surface area contributed by atoms with Crippen molar-refractivity contribution >= 4 is 11.8 Å². The lowest BCUT2D eigenvalue weighted by Gasteiger charge is -2.32. The topological polar surface area (TPSA) is 75.4 Å². The summed E-state index contributed by atoms with van der Waals surface area (Å²) < 4.78 is 5.79. The number of piperidine rings is 1. The van der Waals surface area contributed by atoms with Crippen molar-refractivity contribution in [3.8, 4) is 11.3 Å². The van der Waals surface area contributed by atoms with Crippen molar-refractivity contribution in [3.63, 3.8) is 0 Å². The molecule has 1 aromatic heterocycles. The molecule has 1 aliphatic heterocycles. The predicted molar refractivity (Wildman–Crippen MR) is 107 cm³/mol. The van der Waals surface area contributed by atoms with Gasteiger partial charge in [0.2, 0.25) is 11.8 Å². The maximum atomic E-state index is 12.5. The number of hydrogen-bond donors (Lipinski definition) is 1. The molecule has 2 heterocycles. The number of aryl methyl sites for hydroxylation is 1. The van der Waals surface area contributed by atoms with Gasteiger partial charge in [-0.05, 0) is 25.7 Å². The van der Waals surface area contributed by atoms with Gasteiger partial charge in [0.15, 0.2) is 11.7 Å². The van der Waals surface area contributed by atoms with Crippen molar-refractivity contribution in [1.82, 2.24) is 15.2 Å². The van der Waals surface area contributed by atoms with Crippen LogP contribution in [0.25, 0.3) is 11.3 Å². The van der Waals surface area contributed by atoms with Crippen LogP contribution >= 0.6 is 0 Å². The molecule has 1 aliphatic rings. The number of amides is 2. The lowest BCUT2D eigenvalue weighted by Crippen LogP contribution is -2.45. The number of aromatic nitrogens is 1. The minimum Gasteiger partial charge on any atom is -0.441 e. The van der Waals surface area contributed by atoms with E-state index in [0.717, 1.165) is 37.1 Å². The summed E-state index contributed by atoms with van der Waals surface area (Å²) in [5, 5.41) is 2.94. The molecule has 1 atom stereocenters. The third-order valence-electron chi connectivity index (χ3n) is 5.09. The first kappa shape index (κ1) is 20.1. The zero-order valence-corrected chi connectivity index (χ0v) is 16.5. The van der Waals surface area contributed by atoms with E-state index >= 15 is 0 Å². The van der Waals surface area contributed by atoms with Crippen molar-refractivity contribution in [3.05, 3.63) is 42.4 Å². The highest BCUT2D eigenvalue weighted by Crippen LogP contribution is 2.21. The predicted octanol–water partition coefficient (Wildman–Crippen LogP) is 3.43. The third-order valence-corrected chi connectivity index (χ3v) is 5.09. The average molecular weight is 383 g/mol. The van der Waals surface area contributed by atoms with Crippen molar-refractivity contribution in [2.24, 2.45) is 5.92 Å². The summed E-state index contributed by atoms with van der Waals surface area (Å²) in [6.07, 6.45) is 6.18. The smallest absolute Gasteiger partial charge is 0.224 e. The molecule has 2 aromatic rings. The molecule has 6 nitrogen and oxygen atoms in total. The van der Waals surface area contributed by atoms with E-state index in [9.17, 15) is 9.59 Å². The first-order valence-corrected chi connectivity index (χ1v) is 10.2. The Bertz CT molecular complexity index is 772. The molecule has 0 spiro atoms. The van der Waals surface area contributed by atoms with Gasteiger partial charge in [-0.25, -0.2) is 4.98 Å². The molecule has 28 heavy (non-hydrogen) atoms. The SMILES string of the molecule is CCCNC(=O)C1CCCN(C(=O)CCCc2ncc(-c3ccccc3)o2)C1. The second kappa shape index (κ2) is 10.1. The Morgan fingerprint density at radius 3 is 2.89 bits per heavy atom. The Hall–Kier alpha value is -2.63.